The number of hydrogen-bond acceptors (Lipinski definition) is 3. The van der Waals surface area contributed by atoms with Crippen LogP contribution in [0.4, 0.5) is 10.5 Å². The summed E-state index contributed by atoms with van der Waals surface area (Å²) in [6.45, 7) is 4.38. The maximum Gasteiger partial charge on any atom is 0.319 e. The van der Waals surface area contributed by atoms with Gasteiger partial charge in [0.25, 0.3) is 0 Å². The standard InChI is InChI=1S/C15H20N2O4/c1-15(2)9-10-8-11(5-6-12(10)21-15)17-14(20)16-7-3-4-13(18)19/h5-6,8H,3-4,7,9H2,1-2H3,(H,18,19)(H2,16,17,20). The lowest BCUT2D eigenvalue weighted by Gasteiger charge is -2.16. The molecule has 2 amide bonds. The Hall–Kier alpha value is -2.24. The number of anilines is 1. The quantitative estimate of drug-likeness (QED) is 0.727. The summed E-state index contributed by atoms with van der Waals surface area (Å²) >= 11 is 0. The summed E-state index contributed by atoms with van der Waals surface area (Å²) in [5.41, 5.74) is 1.56. The molecule has 1 heterocycles. The average molecular weight is 292 g/mol. The Balaban J connectivity index is 1.84. The minimum atomic E-state index is -0.863. The van der Waals surface area contributed by atoms with Gasteiger partial charge < -0.3 is 20.5 Å². The van der Waals surface area contributed by atoms with Crippen molar-refractivity contribution in [1.29, 1.82) is 0 Å². The fraction of sp³-hybridized carbons (Fsp3) is 0.467. The first kappa shape index (κ1) is 15.2. The first-order valence-corrected chi connectivity index (χ1v) is 6.94. The highest BCUT2D eigenvalue weighted by Gasteiger charge is 2.29. The number of ether oxygens (including phenoxy) is 1. The van der Waals surface area contributed by atoms with Gasteiger partial charge in [-0.1, -0.05) is 0 Å². The number of carboxylic acids is 1. The SMILES string of the molecule is CC1(C)Cc2cc(NC(=O)NCCCC(=O)O)ccc2O1. The Kier molecular flexibility index (Phi) is 4.35. The minimum absolute atomic E-state index is 0.0472. The lowest BCUT2D eigenvalue weighted by atomic mass is 10.0. The maximum absolute atomic E-state index is 11.7. The maximum atomic E-state index is 11.7. The fourth-order valence-electron chi connectivity index (χ4n) is 2.30. The van der Waals surface area contributed by atoms with E-state index >= 15 is 0 Å². The summed E-state index contributed by atoms with van der Waals surface area (Å²) in [7, 11) is 0. The van der Waals surface area contributed by atoms with Crippen molar-refractivity contribution in [1.82, 2.24) is 5.32 Å². The molecule has 0 unspecified atom stereocenters. The van der Waals surface area contributed by atoms with E-state index in [1.807, 2.05) is 26.0 Å². The van der Waals surface area contributed by atoms with Crippen LogP contribution in [0.5, 0.6) is 5.75 Å². The van der Waals surface area contributed by atoms with Crippen LogP contribution in [0.3, 0.4) is 0 Å². The van der Waals surface area contributed by atoms with Crippen molar-refractivity contribution in [2.24, 2.45) is 0 Å². The van der Waals surface area contributed by atoms with E-state index in [1.165, 1.54) is 0 Å². The van der Waals surface area contributed by atoms with Crippen LogP contribution in [0.25, 0.3) is 0 Å². The number of aliphatic carboxylic acids is 1. The number of hydrogen-bond donors (Lipinski definition) is 3. The van der Waals surface area contributed by atoms with Crippen molar-refractivity contribution >= 4 is 17.7 Å². The number of benzene rings is 1. The van der Waals surface area contributed by atoms with E-state index in [9.17, 15) is 9.59 Å². The summed E-state index contributed by atoms with van der Waals surface area (Å²) in [4.78, 5) is 22.0. The smallest absolute Gasteiger partial charge is 0.319 e. The summed E-state index contributed by atoms with van der Waals surface area (Å²) < 4.78 is 5.77. The third-order valence-electron chi connectivity index (χ3n) is 3.17. The van der Waals surface area contributed by atoms with Crippen molar-refractivity contribution in [2.75, 3.05) is 11.9 Å². The van der Waals surface area contributed by atoms with Gasteiger partial charge in [0.05, 0.1) is 0 Å². The second-order valence-corrected chi connectivity index (χ2v) is 5.74. The number of amides is 2. The average Bonchev–Trinajstić information content (AvgIpc) is 2.67. The van der Waals surface area contributed by atoms with E-state index in [4.69, 9.17) is 9.84 Å². The first-order chi connectivity index (χ1) is 9.85. The Morgan fingerprint density at radius 3 is 2.86 bits per heavy atom. The third kappa shape index (κ3) is 4.37. The zero-order valence-corrected chi connectivity index (χ0v) is 12.2. The normalized spacial score (nSPS) is 15.0. The largest absolute Gasteiger partial charge is 0.487 e. The van der Waals surface area contributed by atoms with Crippen molar-refractivity contribution in [3.63, 3.8) is 0 Å². The second kappa shape index (κ2) is 6.03. The molecule has 3 N–H and O–H groups in total. The fourth-order valence-corrected chi connectivity index (χ4v) is 2.30. The molecule has 0 saturated carbocycles. The molecule has 0 spiro atoms. The van der Waals surface area contributed by atoms with E-state index < -0.39 is 5.97 Å². The van der Waals surface area contributed by atoms with E-state index in [1.54, 1.807) is 6.07 Å². The number of carbonyl (C=O) groups is 2. The Bertz CT molecular complexity index is 555. The topological polar surface area (TPSA) is 87.7 Å². The van der Waals surface area contributed by atoms with Gasteiger partial charge in [0, 0.05) is 30.6 Å². The van der Waals surface area contributed by atoms with Crippen LogP contribution in [0.2, 0.25) is 0 Å². The molecule has 2 rings (SSSR count). The van der Waals surface area contributed by atoms with Gasteiger partial charge in [-0.25, -0.2) is 4.79 Å². The number of carboxylic acid groups (broad SMARTS) is 1. The van der Waals surface area contributed by atoms with Gasteiger partial charge in [0.15, 0.2) is 0 Å². The van der Waals surface area contributed by atoms with Gasteiger partial charge in [-0.05, 0) is 38.5 Å². The summed E-state index contributed by atoms with van der Waals surface area (Å²) in [5, 5.41) is 13.9. The predicted molar refractivity (Wildman–Crippen MR) is 78.7 cm³/mol. The molecule has 114 valence electrons. The van der Waals surface area contributed by atoms with Crippen molar-refractivity contribution in [2.45, 2.75) is 38.7 Å². The third-order valence-corrected chi connectivity index (χ3v) is 3.17. The van der Waals surface area contributed by atoms with Crippen LogP contribution in [0.15, 0.2) is 18.2 Å². The number of fused-ring (bicyclic) bond motifs is 1. The van der Waals surface area contributed by atoms with Crippen LogP contribution >= 0.6 is 0 Å². The number of urea groups is 1. The van der Waals surface area contributed by atoms with Crippen molar-refractivity contribution in [3.8, 4) is 5.75 Å². The lowest BCUT2D eigenvalue weighted by molar-refractivity contribution is -0.137. The van der Waals surface area contributed by atoms with Gasteiger partial charge in [-0.15, -0.1) is 0 Å². The lowest BCUT2D eigenvalue weighted by Crippen LogP contribution is -2.29. The number of nitrogens with one attached hydrogen (secondary N) is 2. The zero-order chi connectivity index (χ0) is 15.5. The first-order valence-electron chi connectivity index (χ1n) is 6.94. The molecule has 0 fully saturated rings. The second-order valence-electron chi connectivity index (χ2n) is 5.74. The Labute approximate surface area is 123 Å². The van der Waals surface area contributed by atoms with Gasteiger partial charge in [-0.3, -0.25) is 4.79 Å². The zero-order valence-electron chi connectivity index (χ0n) is 12.2. The van der Waals surface area contributed by atoms with Crippen molar-refractivity contribution < 1.29 is 19.4 Å². The van der Waals surface area contributed by atoms with Gasteiger partial charge in [0.2, 0.25) is 0 Å². The van der Waals surface area contributed by atoms with Crippen LogP contribution in [-0.2, 0) is 11.2 Å². The molecule has 1 aromatic carbocycles. The van der Waals surface area contributed by atoms with Gasteiger partial charge >= 0.3 is 12.0 Å². The molecule has 1 aromatic rings. The molecule has 1 aliphatic rings. The molecule has 21 heavy (non-hydrogen) atoms. The van der Waals surface area contributed by atoms with Gasteiger partial charge in [0.1, 0.15) is 11.4 Å². The molecule has 0 saturated heterocycles. The van der Waals surface area contributed by atoms with Crippen molar-refractivity contribution in [3.05, 3.63) is 23.8 Å². The van der Waals surface area contributed by atoms with E-state index in [0.29, 0.717) is 18.7 Å². The molecule has 6 heteroatoms. The molecule has 0 bridgehead atoms. The summed E-state index contributed by atoms with van der Waals surface area (Å²) in [5.74, 6) is -0.00846. The molecular weight excluding hydrogens is 272 g/mol. The highest BCUT2D eigenvalue weighted by Crippen LogP contribution is 2.36. The molecule has 1 aliphatic heterocycles. The van der Waals surface area contributed by atoms with E-state index in [2.05, 4.69) is 10.6 Å². The van der Waals surface area contributed by atoms with Crippen LogP contribution in [0.1, 0.15) is 32.3 Å². The van der Waals surface area contributed by atoms with Gasteiger partial charge in [-0.2, -0.15) is 0 Å². The van der Waals surface area contributed by atoms with Crippen LogP contribution in [0, 0.1) is 0 Å². The molecule has 0 aromatic heterocycles. The highest BCUT2D eigenvalue weighted by atomic mass is 16.5. The molecule has 6 nitrogen and oxygen atoms in total. The van der Waals surface area contributed by atoms with E-state index in [0.717, 1.165) is 17.7 Å². The van der Waals surface area contributed by atoms with E-state index in [-0.39, 0.29) is 18.1 Å². The monoisotopic (exact) mass is 292 g/mol. The Morgan fingerprint density at radius 1 is 1.38 bits per heavy atom. The summed E-state index contributed by atoms with van der Waals surface area (Å²) in [6, 6.07) is 5.21. The molecule has 0 atom stereocenters. The number of carbonyl (C=O) groups excluding carboxylic acids is 1. The molecular formula is C15H20N2O4. The summed E-state index contributed by atoms with van der Waals surface area (Å²) in [6.07, 6.45) is 1.26. The number of rotatable bonds is 5. The molecule has 0 radical (unpaired) electrons. The molecule has 0 aliphatic carbocycles. The van der Waals surface area contributed by atoms with Crippen LogP contribution in [-0.4, -0.2) is 29.3 Å². The minimum Gasteiger partial charge on any atom is -0.487 e. The highest BCUT2D eigenvalue weighted by molar-refractivity contribution is 5.89. The van der Waals surface area contributed by atoms with Crippen LogP contribution < -0.4 is 15.4 Å². The Morgan fingerprint density at radius 2 is 2.14 bits per heavy atom. The predicted octanol–water partition coefficient (Wildman–Crippen LogP) is 2.39.